The van der Waals surface area contributed by atoms with Gasteiger partial charge >= 0.3 is 6.18 Å². The second-order valence-corrected chi connectivity index (χ2v) is 4.21. The highest BCUT2D eigenvalue weighted by Gasteiger charge is 2.34. The Balaban J connectivity index is 2.55. The number of nitrogens with zero attached hydrogens (tertiary/aromatic N) is 1. The van der Waals surface area contributed by atoms with Gasteiger partial charge in [0.2, 0.25) is 0 Å². The molecule has 100 valence electrons. The number of hydrogen-bond acceptors (Lipinski definition) is 1. The van der Waals surface area contributed by atoms with Crippen LogP contribution in [0.1, 0.15) is 35.4 Å². The lowest BCUT2D eigenvalue weighted by atomic mass is 9.91. The molecule has 0 spiro atoms. The maximum Gasteiger partial charge on any atom is 0.416 e. The third kappa shape index (κ3) is 2.54. The third-order valence-corrected chi connectivity index (χ3v) is 3.05. The van der Waals surface area contributed by atoms with Crippen molar-refractivity contribution in [3.8, 4) is 0 Å². The maximum atomic E-state index is 13.0. The van der Waals surface area contributed by atoms with Crippen LogP contribution in [-0.4, -0.2) is 9.97 Å². The van der Waals surface area contributed by atoms with Gasteiger partial charge in [0.25, 0.3) is 0 Å². The lowest BCUT2D eigenvalue weighted by Crippen LogP contribution is -2.11. The number of aromatic nitrogens is 2. The fraction of sp³-hybridized carbons (Fsp3) is 0.214. The Kier molecular flexibility index (Phi) is 3.46. The molecule has 19 heavy (non-hydrogen) atoms. The molecule has 0 saturated heterocycles. The van der Waals surface area contributed by atoms with Gasteiger partial charge in [-0.25, -0.2) is 4.98 Å². The van der Waals surface area contributed by atoms with Crippen molar-refractivity contribution in [1.29, 1.82) is 0 Å². The zero-order chi connectivity index (χ0) is 14.0. The van der Waals surface area contributed by atoms with Gasteiger partial charge in [-0.15, -0.1) is 0 Å². The molecule has 0 aliphatic heterocycles. The molecular weight excluding hydrogens is 253 g/mol. The predicted octanol–water partition coefficient (Wildman–Crippen LogP) is 4.22. The SMILES string of the molecule is C=Cc1c(C(C)c2ncc[nH]2)cccc1C(F)(F)F. The van der Waals surface area contributed by atoms with Crippen LogP contribution < -0.4 is 0 Å². The third-order valence-electron chi connectivity index (χ3n) is 3.05. The van der Waals surface area contributed by atoms with E-state index in [0.717, 1.165) is 6.07 Å². The Labute approximate surface area is 109 Å². The minimum atomic E-state index is -4.39. The van der Waals surface area contributed by atoms with Gasteiger partial charge in [0.05, 0.1) is 5.56 Å². The summed E-state index contributed by atoms with van der Waals surface area (Å²) in [6, 6.07) is 4.14. The van der Waals surface area contributed by atoms with E-state index in [0.29, 0.717) is 11.4 Å². The molecule has 0 amide bonds. The number of rotatable bonds is 3. The molecular formula is C14H13F3N2. The predicted molar refractivity (Wildman–Crippen MR) is 67.6 cm³/mol. The van der Waals surface area contributed by atoms with Gasteiger partial charge in [-0.2, -0.15) is 13.2 Å². The summed E-state index contributed by atoms with van der Waals surface area (Å²) in [7, 11) is 0. The lowest BCUT2D eigenvalue weighted by molar-refractivity contribution is -0.137. The molecule has 1 unspecified atom stereocenters. The van der Waals surface area contributed by atoms with Gasteiger partial charge in [-0.3, -0.25) is 0 Å². The second-order valence-electron chi connectivity index (χ2n) is 4.21. The van der Waals surface area contributed by atoms with Crippen LogP contribution >= 0.6 is 0 Å². The van der Waals surface area contributed by atoms with Gasteiger partial charge in [0.1, 0.15) is 5.82 Å². The monoisotopic (exact) mass is 266 g/mol. The van der Waals surface area contributed by atoms with Crippen molar-refractivity contribution in [3.05, 3.63) is 59.7 Å². The Bertz CT molecular complexity index is 571. The molecule has 0 radical (unpaired) electrons. The standard InChI is InChI=1S/C14H13F3N2/c1-3-10-11(9(2)13-18-7-8-19-13)5-4-6-12(10)14(15,16)17/h3-9H,1H2,2H3,(H,18,19). The van der Waals surface area contributed by atoms with Crippen LogP contribution in [0.4, 0.5) is 13.2 Å². The molecule has 5 heteroatoms. The van der Waals surface area contributed by atoms with Gasteiger partial charge in [-0.05, 0) is 17.2 Å². The van der Waals surface area contributed by atoms with E-state index in [1.54, 1.807) is 25.4 Å². The number of halogens is 3. The molecule has 1 aromatic carbocycles. The molecule has 1 N–H and O–H groups in total. The van der Waals surface area contributed by atoms with Crippen molar-refractivity contribution >= 4 is 6.08 Å². The molecule has 2 rings (SSSR count). The minimum absolute atomic E-state index is 0.110. The molecule has 2 aromatic rings. The zero-order valence-corrected chi connectivity index (χ0v) is 10.3. The van der Waals surface area contributed by atoms with Gasteiger partial charge in [0.15, 0.2) is 0 Å². The molecule has 1 atom stereocenters. The highest BCUT2D eigenvalue weighted by atomic mass is 19.4. The average Bonchev–Trinajstić information content (AvgIpc) is 2.89. The average molecular weight is 266 g/mol. The fourth-order valence-electron chi connectivity index (χ4n) is 2.10. The van der Waals surface area contributed by atoms with E-state index in [2.05, 4.69) is 16.5 Å². The van der Waals surface area contributed by atoms with E-state index >= 15 is 0 Å². The zero-order valence-electron chi connectivity index (χ0n) is 10.3. The number of alkyl halides is 3. The summed E-state index contributed by atoms with van der Waals surface area (Å²) < 4.78 is 38.9. The molecule has 0 bridgehead atoms. The number of benzene rings is 1. The quantitative estimate of drug-likeness (QED) is 0.885. The van der Waals surface area contributed by atoms with Gasteiger partial charge in [0, 0.05) is 18.3 Å². The van der Waals surface area contributed by atoms with E-state index in [1.165, 1.54) is 12.1 Å². The first kappa shape index (κ1) is 13.4. The largest absolute Gasteiger partial charge is 0.416 e. The van der Waals surface area contributed by atoms with Crippen molar-refractivity contribution < 1.29 is 13.2 Å². The maximum absolute atomic E-state index is 13.0. The van der Waals surface area contributed by atoms with Crippen molar-refractivity contribution in [2.75, 3.05) is 0 Å². The highest BCUT2D eigenvalue weighted by molar-refractivity contribution is 5.59. The van der Waals surface area contributed by atoms with Crippen LogP contribution in [0.2, 0.25) is 0 Å². The molecule has 1 aromatic heterocycles. The van der Waals surface area contributed by atoms with Crippen LogP contribution in [-0.2, 0) is 6.18 Å². The molecule has 0 aliphatic rings. The molecule has 0 saturated carbocycles. The lowest BCUT2D eigenvalue weighted by Gasteiger charge is -2.17. The fourth-order valence-corrected chi connectivity index (χ4v) is 2.10. The van der Waals surface area contributed by atoms with Crippen molar-refractivity contribution in [1.82, 2.24) is 9.97 Å². The summed E-state index contributed by atoms with van der Waals surface area (Å²) in [5.41, 5.74) is -0.00270. The smallest absolute Gasteiger partial charge is 0.348 e. The normalized spacial score (nSPS) is 13.3. The Morgan fingerprint density at radius 1 is 1.37 bits per heavy atom. The van der Waals surface area contributed by atoms with Crippen LogP contribution in [0.15, 0.2) is 37.2 Å². The van der Waals surface area contributed by atoms with Crippen molar-refractivity contribution in [2.45, 2.75) is 19.0 Å². The van der Waals surface area contributed by atoms with E-state index < -0.39 is 11.7 Å². The molecule has 0 aliphatic carbocycles. The van der Waals surface area contributed by atoms with E-state index in [-0.39, 0.29) is 11.5 Å². The first-order valence-electron chi connectivity index (χ1n) is 5.77. The Morgan fingerprint density at radius 3 is 2.63 bits per heavy atom. The summed E-state index contributed by atoms with van der Waals surface area (Å²) >= 11 is 0. The summed E-state index contributed by atoms with van der Waals surface area (Å²) in [5.74, 6) is 0.368. The van der Waals surface area contributed by atoms with E-state index in [1.807, 2.05) is 0 Å². The van der Waals surface area contributed by atoms with Crippen molar-refractivity contribution in [2.24, 2.45) is 0 Å². The number of hydrogen-bond donors (Lipinski definition) is 1. The number of H-pyrrole nitrogens is 1. The first-order valence-corrected chi connectivity index (χ1v) is 5.77. The van der Waals surface area contributed by atoms with Gasteiger partial charge < -0.3 is 4.98 Å². The van der Waals surface area contributed by atoms with E-state index in [9.17, 15) is 13.2 Å². The first-order chi connectivity index (χ1) is 8.95. The number of imidazole rings is 1. The highest BCUT2D eigenvalue weighted by Crippen LogP contribution is 2.36. The summed E-state index contributed by atoms with van der Waals surface area (Å²) in [4.78, 5) is 7.01. The summed E-state index contributed by atoms with van der Waals surface area (Å²) in [6.07, 6.45) is 0.0834. The number of nitrogens with one attached hydrogen (secondary N) is 1. The summed E-state index contributed by atoms with van der Waals surface area (Å²) in [5, 5.41) is 0. The van der Waals surface area contributed by atoms with E-state index in [4.69, 9.17) is 0 Å². The second kappa shape index (κ2) is 4.91. The molecule has 1 heterocycles. The Hall–Kier alpha value is -2.04. The van der Waals surface area contributed by atoms with Gasteiger partial charge in [-0.1, -0.05) is 31.7 Å². The van der Waals surface area contributed by atoms with Crippen LogP contribution in [0.25, 0.3) is 6.08 Å². The van der Waals surface area contributed by atoms with Crippen molar-refractivity contribution in [3.63, 3.8) is 0 Å². The minimum Gasteiger partial charge on any atom is -0.348 e. The van der Waals surface area contributed by atoms with Crippen LogP contribution in [0.5, 0.6) is 0 Å². The van der Waals surface area contributed by atoms with Crippen LogP contribution in [0, 0.1) is 0 Å². The number of aromatic amines is 1. The molecule has 0 fully saturated rings. The topological polar surface area (TPSA) is 28.7 Å². The summed E-state index contributed by atoms with van der Waals surface area (Å²) in [6.45, 7) is 5.31. The molecule has 2 nitrogen and oxygen atoms in total. The van der Waals surface area contributed by atoms with Crippen LogP contribution in [0.3, 0.4) is 0 Å². The Morgan fingerprint density at radius 2 is 2.11 bits per heavy atom.